The summed E-state index contributed by atoms with van der Waals surface area (Å²) < 4.78 is 18.7. The molecule has 1 aromatic carbocycles. The highest BCUT2D eigenvalue weighted by Gasteiger charge is 2.21. The van der Waals surface area contributed by atoms with E-state index in [1.165, 1.54) is 19.2 Å². The van der Waals surface area contributed by atoms with Crippen molar-refractivity contribution in [3.05, 3.63) is 28.5 Å². The lowest BCUT2D eigenvalue weighted by Crippen LogP contribution is -2.07. The van der Waals surface area contributed by atoms with Gasteiger partial charge in [-0.25, -0.2) is 4.39 Å². The zero-order valence-corrected chi connectivity index (χ0v) is 9.71. The fourth-order valence-corrected chi connectivity index (χ4v) is 1.71. The molecule has 0 spiro atoms. The van der Waals surface area contributed by atoms with Crippen LogP contribution in [0.5, 0.6) is 5.75 Å². The van der Waals surface area contributed by atoms with E-state index in [2.05, 4.69) is 0 Å². The molecule has 1 aromatic rings. The van der Waals surface area contributed by atoms with E-state index >= 15 is 0 Å². The van der Waals surface area contributed by atoms with Crippen molar-refractivity contribution >= 4 is 17.6 Å². The number of benzene rings is 1. The van der Waals surface area contributed by atoms with Crippen molar-refractivity contribution in [2.24, 2.45) is 0 Å². The van der Waals surface area contributed by atoms with Crippen LogP contribution in [0.4, 0.5) is 4.39 Å². The Balaban J connectivity index is 3.18. The maximum absolute atomic E-state index is 13.7. The fraction of sp³-hybridized carbons (Fsp3) is 0.364. The molecule has 16 heavy (non-hydrogen) atoms. The van der Waals surface area contributed by atoms with Crippen LogP contribution in [-0.2, 0) is 4.79 Å². The molecule has 1 rings (SSSR count). The van der Waals surface area contributed by atoms with Gasteiger partial charge in [-0.15, -0.1) is 0 Å². The third-order valence-electron chi connectivity index (χ3n) is 2.29. The molecule has 0 heterocycles. The number of carboxylic acid groups (broad SMARTS) is 1. The third kappa shape index (κ3) is 2.64. The lowest BCUT2D eigenvalue weighted by molar-refractivity contribution is -0.137. The highest BCUT2D eigenvalue weighted by Crippen LogP contribution is 2.34. The lowest BCUT2D eigenvalue weighted by Gasteiger charge is -2.15. The van der Waals surface area contributed by atoms with Gasteiger partial charge in [-0.1, -0.05) is 18.5 Å². The summed E-state index contributed by atoms with van der Waals surface area (Å²) in [7, 11) is 1.40. The molecule has 0 saturated carbocycles. The van der Waals surface area contributed by atoms with Gasteiger partial charge < -0.3 is 9.84 Å². The molecule has 1 atom stereocenters. The van der Waals surface area contributed by atoms with Crippen molar-refractivity contribution in [3.63, 3.8) is 0 Å². The van der Waals surface area contributed by atoms with Crippen LogP contribution < -0.4 is 4.74 Å². The van der Waals surface area contributed by atoms with Crippen LogP contribution in [0.3, 0.4) is 0 Å². The number of carbonyl (C=O) groups is 1. The Labute approximate surface area is 97.8 Å². The second-order valence-corrected chi connectivity index (χ2v) is 3.88. The third-order valence-corrected chi connectivity index (χ3v) is 2.58. The summed E-state index contributed by atoms with van der Waals surface area (Å²) in [5.74, 6) is -1.79. The van der Waals surface area contributed by atoms with E-state index in [9.17, 15) is 9.18 Å². The van der Waals surface area contributed by atoms with Crippen LogP contribution in [0.1, 0.15) is 24.8 Å². The molecule has 3 nitrogen and oxygen atoms in total. The first-order chi connectivity index (χ1) is 7.47. The summed E-state index contributed by atoms with van der Waals surface area (Å²) in [5, 5.41) is 8.64. The van der Waals surface area contributed by atoms with Crippen molar-refractivity contribution in [1.29, 1.82) is 0 Å². The van der Waals surface area contributed by atoms with E-state index in [1.807, 2.05) is 0 Å². The van der Waals surface area contributed by atoms with Gasteiger partial charge in [0.1, 0.15) is 11.6 Å². The monoisotopic (exact) mass is 246 g/mol. The average Bonchev–Trinajstić information content (AvgIpc) is 2.20. The number of methoxy groups -OCH3 is 1. The van der Waals surface area contributed by atoms with Gasteiger partial charge in [0.2, 0.25) is 0 Å². The first-order valence-corrected chi connectivity index (χ1v) is 5.08. The summed E-state index contributed by atoms with van der Waals surface area (Å²) in [5.41, 5.74) is 0.206. The Morgan fingerprint density at radius 1 is 1.62 bits per heavy atom. The number of aliphatic carboxylic acids is 1. The van der Waals surface area contributed by atoms with Crippen LogP contribution in [0.25, 0.3) is 0 Å². The molecule has 0 bridgehead atoms. The number of ether oxygens (including phenoxy) is 1. The van der Waals surface area contributed by atoms with E-state index in [-0.39, 0.29) is 17.0 Å². The second-order valence-electron chi connectivity index (χ2n) is 3.48. The van der Waals surface area contributed by atoms with Crippen LogP contribution in [0.15, 0.2) is 12.1 Å². The highest BCUT2D eigenvalue weighted by molar-refractivity contribution is 6.30. The maximum Gasteiger partial charge on any atom is 0.303 e. The predicted octanol–water partition coefficient (Wildman–Crippen LogP) is 3.07. The SMILES string of the molecule is COc1ccc(Cl)c(F)c1C(C)CC(=O)O. The number of carboxylic acids is 1. The summed E-state index contributed by atoms with van der Waals surface area (Å²) in [6.45, 7) is 1.62. The first kappa shape index (κ1) is 12.8. The molecule has 88 valence electrons. The minimum atomic E-state index is -0.992. The van der Waals surface area contributed by atoms with Crippen molar-refractivity contribution in [3.8, 4) is 5.75 Å². The molecular formula is C11H12ClFO3. The van der Waals surface area contributed by atoms with Gasteiger partial charge in [-0.3, -0.25) is 4.79 Å². The molecule has 1 N–H and O–H groups in total. The Bertz CT molecular complexity index is 406. The van der Waals surface area contributed by atoms with Gasteiger partial charge in [0, 0.05) is 5.56 Å². The zero-order chi connectivity index (χ0) is 12.3. The molecule has 0 aliphatic heterocycles. The Morgan fingerprint density at radius 2 is 2.25 bits per heavy atom. The molecule has 0 aromatic heterocycles. The Kier molecular flexibility index (Phi) is 4.12. The molecule has 0 saturated heterocycles. The molecule has 0 fully saturated rings. The van der Waals surface area contributed by atoms with Crippen LogP contribution in [-0.4, -0.2) is 18.2 Å². The van der Waals surface area contributed by atoms with Gasteiger partial charge in [-0.05, 0) is 18.1 Å². The van der Waals surface area contributed by atoms with Crippen LogP contribution >= 0.6 is 11.6 Å². The van der Waals surface area contributed by atoms with Gasteiger partial charge >= 0.3 is 5.97 Å². The maximum atomic E-state index is 13.7. The van der Waals surface area contributed by atoms with Crippen molar-refractivity contribution in [2.75, 3.05) is 7.11 Å². The van der Waals surface area contributed by atoms with Gasteiger partial charge in [0.15, 0.2) is 0 Å². The summed E-state index contributed by atoms with van der Waals surface area (Å²) in [6.07, 6.45) is -0.173. The molecule has 0 aliphatic rings. The van der Waals surface area contributed by atoms with Crippen molar-refractivity contribution in [1.82, 2.24) is 0 Å². The van der Waals surface area contributed by atoms with Crippen LogP contribution in [0.2, 0.25) is 5.02 Å². The molecule has 0 radical (unpaired) electrons. The second kappa shape index (κ2) is 5.16. The minimum Gasteiger partial charge on any atom is -0.496 e. The molecular weight excluding hydrogens is 235 g/mol. The minimum absolute atomic E-state index is 0.0342. The van der Waals surface area contributed by atoms with Gasteiger partial charge in [0.25, 0.3) is 0 Å². The molecule has 5 heteroatoms. The summed E-state index contributed by atoms with van der Waals surface area (Å²) >= 11 is 5.65. The summed E-state index contributed by atoms with van der Waals surface area (Å²) in [4.78, 5) is 10.6. The van der Waals surface area contributed by atoms with Crippen LogP contribution in [0, 0.1) is 5.82 Å². The lowest BCUT2D eigenvalue weighted by atomic mass is 9.96. The molecule has 1 unspecified atom stereocenters. The van der Waals surface area contributed by atoms with E-state index in [0.717, 1.165) is 0 Å². The standard InChI is InChI=1S/C11H12ClFO3/c1-6(5-9(14)15)10-8(16-2)4-3-7(12)11(10)13/h3-4,6H,5H2,1-2H3,(H,14,15). The average molecular weight is 247 g/mol. The molecule has 0 amide bonds. The van der Waals surface area contributed by atoms with E-state index in [0.29, 0.717) is 5.75 Å². The Morgan fingerprint density at radius 3 is 2.75 bits per heavy atom. The van der Waals surface area contributed by atoms with E-state index in [1.54, 1.807) is 6.92 Å². The normalized spacial score (nSPS) is 12.2. The topological polar surface area (TPSA) is 46.5 Å². The predicted molar refractivity (Wildman–Crippen MR) is 58.6 cm³/mol. The van der Waals surface area contributed by atoms with E-state index in [4.69, 9.17) is 21.4 Å². The van der Waals surface area contributed by atoms with Gasteiger partial charge in [0.05, 0.1) is 18.6 Å². The number of hydrogen-bond acceptors (Lipinski definition) is 2. The fourth-order valence-electron chi connectivity index (χ4n) is 1.55. The number of halogens is 2. The van der Waals surface area contributed by atoms with E-state index < -0.39 is 17.7 Å². The molecule has 0 aliphatic carbocycles. The van der Waals surface area contributed by atoms with Crippen molar-refractivity contribution in [2.45, 2.75) is 19.3 Å². The summed E-state index contributed by atoms with van der Waals surface area (Å²) in [6, 6.07) is 2.91. The highest BCUT2D eigenvalue weighted by atomic mass is 35.5. The zero-order valence-electron chi connectivity index (χ0n) is 8.96. The first-order valence-electron chi connectivity index (χ1n) is 4.71. The smallest absolute Gasteiger partial charge is 0.303 e. The largest absolute Gasteiger partial charge is 0.496 e. The number of rotatable bonds is 4. The van der Waals surface area contributed by atoms with Gasteiger partial charge in [-0.2, -0.15) is 0 Å². The van der Waals surface area contributed by atoms with Crippen molar-refractivity contribution < 1.29 is 19.0 Å². The number of hydrogen-bond donors (Lipinski definition) is 1. The quantitative estimate of drug-likeness (QED) is 0.888. The Hall–Kier alpha value is -1.29.